The molecule has 1 fully saturated rings. The normalized spacial score (nSPS) is 26.7. The largest absolute Gasteiger partial charge is 0.481 e. The number of fused-ring (bicyclic) bond motifs is 2. The number of benzene rings is 1. The fourth-order valence-electron chi connectivity index (χ4n) is 4.93. The molecule has 0 saturated heterocycles. The molecule has 4 rings (SSSR count). The van der Waals surface area contributed by atoms with Gasteiger partial charge in [-0.15, -0.1) is 0 Å². The number of aliphatic carboxylic acids is 1. The van der Waals surface area contributed by atoms with Gasteiger partial charge in [0.05, 0.1) is 0 Å². The van der Waals surface area contributed by atoms with Gasteiger partial charge in [0.25, 0.3) is 0 Å². The second kappa shape index (κ2) is 9.73. The quantitative estimate of drug-likeness (QED) is 0.348. The fraction of sp³-hybridized carbons (Fsp3) is 0.542. The highest BCUT2D eigenvalue weighted by atomic mass is 79.9. The lowest BCUT2D eigenvalue weighted by Gasteiger charge is -2.44. The molecule has 3 heteroatoms. The summed E-state index contributed by atoms with van der Waals surface area (Å²) in [7, 11) is 0. The Balaban J connectivity index is 1.55. The van der Waals surface area contributed by atoms with Crippen LogP contribution in [-0.4, -0.2) is 11.1 Å². The van der Waals surface area contributed by atoms with Crippen LogP contribution in [0.1, 0.15) is 56.1 Å². The third-order valence-corrected chi connectivity index (χ3v) is 6.88. The molecule has 3 aliphatic rings. The minimum atomic E-state index is -0.691. The van der Waals surface area contributed by atoms with Crippen molar-refractivity contribution in [1.29, 1.82) is 0 Å². The zero-order valence-corrected chi connectivity index (χ0v) is 17.8. The number of unbranched alkanes of at least 4 members (excludes halogenated alkanes) is 1. The highest BCUT2D eigenvalue weighted by Crippen LogP contribution is 2.47. The van der Waals surface area contributed by atoms with Gasteiger partial charge in [0.1, 0.15) is 0 Å². The molecule has 1 N–H and O–H groups in total. The molecule has 1 aromatic carbocycles. The molecule has 0 spiro atoms. The molecule has 0 amide bonds. The molecular formula is C24H31BrO2. The maximum absolute atomic E-state index is 10.7. The molecule has 2 nitrogen and oxygen atoms in total. The Hall–Kier alpha value is -1.35. The smallest absolute Gasteiger partial charge is 0.303 e. The molecule has 0 unspecified atom stereocenters. The van der Waals surface area contributed by atoms with Gasteiger partial charge < -0.3 is 5.11 Å². The molecule has 1 saturated carbocycles. The van der Waals surface area contributed by atoms with E-state index in [4.69, 9.17) is 5.11 Å². The Morgan fingerprint density at radius 1 is 1.22 bits per heavy atom. The zero-order valence-electron chi connectivity index (χ0n) is 16.2. The number of hydrogen-bond donors (Lipinski definition) is 1. The van der Waals surface area contributed by atoms with Gasteiger partial charge in [-0.3, -0.25) is 4.79 Å². The van der Waals surface area contributed by atoms with E-state index in [2.05, 4.69) is 65.4 Å². The molecule has 4 atom stereocenters. The Morgan fingerprint density at radius 3 is 2.70 bits per heavy atom. The first-order valence-corrected chi connectivity index (χ1v) is 11.2. The summed E-state index contributed by atoms with van der Waals surface area (Å²) in [5.41, 5.74) is 2.85. The van der Waals surface area contributed by atoms with Crippen molar-refractivity contribution >= 4 is 21.9 Å². The van der Waals surface area contributed by atoms with Crippen LogP contribution in [0.3, 0.4) is 0 Å². The summed E-state index contributed by atoms with van der Waals surface area (Å²) < 4.78 is 1.16. The summed E-state index contributed by atoms with van der Waals surface area (Å²) in [6, 6.07) is 6.62. The first kappa shape index (κ1) is 20.4. The highest BCUT2D eigenvalue weighted by Gasteiger charge is 2.38. The predicted octanol–water partition coefficient (Wildman–Crippen LogP) is 6.72. The SMILES string of the molecule is Cc1cc(Br)ccc1CCC[C@@H]1[C@@H](/C=C\CCCC(=O)O)[C@@H]2C=C[C@H]1CC2. The lowest BCUT2D eigenvalue weighted by molar-refractivity contribution is -0.137. The number of halogens is 1. The van der Waals surface area contributed by atoms with Crippen molar-refractivity contribution in [3.63, 3.8) is 0 Å². The van der Waals surface area contributed by atoms with Gasteiger partial charge >= 0.3 is 5.97 Å². The maximum Gasteiger partial charge on any atom is 0.303 e. The second-order valence-corrected chi connectivity index (χ2v) is 9.12. The van der Waals surface area contributed by atoms with Crippen molar-refractivity contribution in [3.8, 4) is 0 Å². The van der Waals surface area contributed by atoms with E-state index in [1.165, 1.54) is 36.8 Å². The van der Waals surface area contributed by atoms with Crippen LogP contribution >= 0.6 is 15.9 Å². The average Bonchev–Trinajstić information content (AvgIpc) is 2.64. The van der Waals surface area contributed by atoms with Crippen molar-refractivity contribution < 1.29 is 9.90 Å². The molecule has 3 aliphatic carbocycles. The Morgan fingerprint density at radius 2 is 2.00 bits per heavy atom. The summed E-state index contributed by atoms with van der Waals surface area (Å²) >= 11 is 3.55. The minimum absolute atomic E-state index is 0.275. The van der Waals surface area contributed by atoms with Gasteiger partial charge in [-0.05, 0) is 98.8 Å². The number of carboxylic acids is 1. The summed E-state index contributed by atoms with van der Waals surface area (Å²) in [5, 5.41) is 8.78. The van der Waals surface area contributed by atoms with Crippen molar-refractivity contribution in [2.24, 2.45) is 23.7 Å². The van der Waals surface area contributed by atoms with Gasteiger partial charge in [-0.25, -0.2) is 0 Å². The van der Waals surface area contributed by atoms with Gasteiger partial charge in [0.15, 0.2) is 0 Å². The first-order valence-electron chi connectivity index (χ1n) is 10.4. The molecule has 0 aliphatic heterocycles. The molecule has 27 heavy (non-hydrogen) atoms. The van der Waals surface area contributed by atoms with E-state index in [9.17, 15) is 4.79 Å². The van der Waals surface area contributed by atoms with Crippen LogP contribution < -0.4 is 0 Å². The molecule has 1 aromatic rings. The van der Waals surface area contributed by atoms with Gasteiger partial charge in [-0.2, -0.15) is 0 Å². The molecule has 0 radical (unpaired) electrons. The number of hydrogen-bond acceptors (Lipinski definition) is 1. The van der Waals surface area contributed by atoms with E-state index in [1.807, 2.05) is 0 Å². The van der Waals surface area contributed by atoms with E-state index in [0.29, 0.717) is 11.8 Å². The third-order valence-electron chi connectivity index (χ3n) is 6.39. The van der Waals surface area contributed by atoms with Crippen molar-refractivity contribution in [3.05, 3.63) is 58.1 Å². The van der Waals surface area contributed by atoms with Crippen LogP contribution in [0, 0.1) is 30.6 Å². The third kappa shape index (κ3) is 5.57. The molecule has 0 aromatic heterocycles. The fourth-order valence-corrected chi connectivity index (χ4v) is 5.40. The Labute approximate surface area is 171 Å². The van der Waals surface area contributed by atoms with Crippen LogP contribution in [0.15, 0.2) is 47.0 Å². The maximum atomic E-state index is 10.7. The van der Waals surface area contributed by atoms with Crippen LogP contribution in [0.4, 0.5) is 0 Å². The van der Waals surface area contributed by atoms with Crippen LogP contribution in [0.5, 0.6) is 0 Å². The van der Waals surface area contributed by atoms with E-state index in [0.717, 1.165) is 35.6 Å². The van der Waals surface area contributed by atoms with Crippen LogP contribution in [-0.2, 0) is 11.2 Å². The lowest BCUT2D eigenvalue weighted by Crippen LogP contribution is -2.35. The number of rotatable bonds is 9. The number of carbonyl (C=O) groups is 1. The van der Waals surface area contributed by atoms with Crippen molar-refractivity contribution in [1.82, 2.24) is 0 Å². The van der Waals surface area contributed by atoms with Crippen LogP contribution in [0.25, 0.3) is 0 Å². The number of carboxylic acid groups (broad SMARTS) is 1. The van der Waals surface area contributed by atoms with Gasteiger partial charge in [-0.1, -0.05) is 46.3 Å². The Kier molecular flexibility index (Phi) is 7.34. The van der Waals surface area contributed by atoms with Crippen molar-refractivity contribution in [2.45, 2.75) is 58.3 Å². The first-order chi connectivity index (χ1) is 13.0. The van der Waals surface area contributed by atoms with Gasteiger partial charge in [0, 0.05) is 10.9 Å². The Bertz CT molecular complexity index is 706. The lowest BCUT2D eigenvalue weighted by atomic mass is 9.61. The van der Waals surface area contributed by atoms with Gasteiger partial charge in [0.2, 0.25) is 0 Å². The molecule has 146 valence electrons. The summed E-state index contributed by atoms with van der Waals surface area (Å²) in [6.07, 6.45) is 17.8. The molecule has 2 bridgehead atoms. The summed E-state index contributed by atoms with van der Waals surface area (Å²) in [6.45, 7) is 2.20. The minimum Gasteiger partial charge on any atom is -0.481 e. The standard InChI is InChI=1S/C24H31BrO2/c1-17-16-21(25)15-14-18(17)6-5-8-23-20-12-10-19(11-13-20)22(23)7-3-2-4-9-24(26)27/h3,7,10,12,14-16,19-20,22-23H,2,4-6,8-9,11,13H2,1H3,(H,26,27)/b7-3-/t19-,20+,22+,23+/m1/s1. The van der Waals surface area contributed by atoms with Crippen LogP contribution in [0.2, 0.25) is 0 Å². The van der Waals surface area contributed by atoms with E-state index in [-0.39, 0.29) is 6.42 Å². The monoisotopic (exact) mass is 430 g/mol. The number of aryl methyl sites for hydroxylation is 2. The summed E-state index contributed by atoms with van der Waals surface area (Å²) in [4.78, 5) is 10.7. The van der Waals surface area contributed by atoms with E-state index >= 15 is 0 Å². The van der Waals surface area contributed by atoms with Crippen molar-refractivity contribution in [2.75, 3.05) is 0 Å². The van der Waals surface area contributed by atoms with E-state index in [1.54, 1.807) is 0 Å². The number of allylic oxidation sites excluding steroid dienone is 4. The average molecular weight is 431 g/mol. The molecular weight excluding hydrogens is 400 g/mol. The predicted molar refractivity (Wildman–Crippen MR) is 115 cm³/mol. The summed E-state index contributed by atoms with van der Waals surface area (Å²) in [5.74, 6) is 2.12. The topological polar surface area (TPSA) is 37.3 Å². The highest BCUT2D eigenvalue weighted by molar-refractivity contribution is 9.10. The zero-order chi connectivity index (χ0) is 19.2. The molecule has 0 heterocycles. The second-order valence-electron chi connectivity index (χ2n) is 8.21. The van der Waals surface area contributed by atoms with E-state index < -0.39 is 5.97 Å².